The second kappa shape index (κ2) is 6.67. The van der Waals surface area contributed by atoms with Crippen LogP contribution in [0.5, 0.6) is 0 Å². The fraction of sp³-hybridized carbons (Fsp3) is 0.368. The van der Waals surface area contributed by atoms with Crippen LogP contribution < -0.4 is 0 Å². The fourth-order valence-electron chi connectivity index (χ4n) is 3.19. The third kappa shape index (κ3) is 3.33. The van der Waals surface area contributed by atoms with Gasteiger partial charge in [0.15, 0.2) is 0 Å². The quantitative estimate of drug-likeness (QED) is 0.652. The van der Waals surface area contributed by atoms with Crippen LogP contribution in [0.15, 0.2) is 42.5 Å². The summed E-state index contributed by atoms with van der Waals surface area (Å²) in [6, 6.07) is 15.5. The lowest BCUT2D eigenvalue weighted by atomic mass is 9.99. The number of aryl methyl sites for hydroxylation is 1. The normalized spacial score (nSPS) is 13.8. The van der Waals surface area contributed by atoms with E-state index in [1.165, 1.54) is 27.8 Å². The average molecular weight is 298 g/mol. The van der Waals surface area contributed by atoms with E-state index in [9.17, 15) is 5.11 Å². The topological polar surface area (TPSA) is 20.2 Å². The number of hydrogen-bond donors (Lipinski definition) is 2. The molecule has 0 aliphatic heterocycles. The van der Waals surface area contributed by atoms with Crippen LogP contribution in [0.25, 0.3) is 11.1 Å². The van der Waals surface area contributed by atoms with Crippen molar-refractivity contribution in [2.24, 2.45) is 0 Å². The second-order valence-corrected chi connectivity index (χ2v) is 6.33. The molecule has 1 atom stereocenters. The molecular formula is C19H22OS. The van der Waals surface area contributed by atoms with E-state index in [0.717, 1.165) is 37.9 Å². The number of rotatable bonds is 6. The summed E-state index contributed by atoms with van der Waals surface area (Å²) in [6.45, 7) is 0. The van der Waals surface area contributed by atoms with Gasteiger partial charge < -0.3 is 5.11 Å². The van der Waals surface area contributed by atoms with Crippen molar-refractivity contribution in [2.45, 2.75) is 38.2 Å². The van der Waals surface area contributed by atoms with Gasteiger partial charge in [0.1, 0.15) is 0 Å². The minimum absolute atomic E-state index is 0.193. The highest BCUT2D eigenvalue weighted by Gasteiger charge is 2.17. The molecule has 1 aliphatic carbocycles. The van der Waals surface area contributed by atoms with Crippen molar-refractivity contribution < 1.29 is 5.11 Å². The Balaban J connectivity index is 1.64. The Kier molecular flexibility index (Phi) is 4.67. The zero-order valence-corrected chi connectivity index (χ0v) is 13.2. The molecule has 1 nitrogen and oxygen atoms in total. The summed E-state index contributed by atoms with van der Waals surface area (Å²) in [5.74, 6) is 0.762. The Morgan fingerprint density at radius 2 is 1.81 bits per heavy atom. The van der Waals surface area contributed by atoms with Crippen LogP contribution in [-0.2, 0) is 12.8 Å². The van der Waals surface area contributed by atoms with Crippen molar-refractivity contribution in [3.05, 3.63) is 59.2 Å². The monoisotopic (exact) mass is 298 g/mol. The molecule has 1 aliphatic rings. The Labute approximate surface area is 132 Å². The van der Waals surface area contributed by atoms with Crippen LogP contribution in [0.2, 0.25) is 0 Å². The zero-order chi connectivity index (χ0) is 14.7. The van der Waals surface area contributed by atoms with Crippen LogP contribution in [-0.4, -0.2) is 17.0 Å². The Bertz CT molecular complexity index is 621. The minimum Gasteiger partial charge on any atom is -0.393 e. The van der Waals surface area contributed by atoms with Gasteiger partial charge in [-0.2, -0.15) is 12.6 Å². The molecule has 0 amide bonds. The highest BCUT2D eigenvalue weighted by atomic mass is 32.1. The molecule has 0 spiro atoms. The summed E-state index contributed by atoms with van der Waals surface area (Å²) < 4.78 is 0. The number of aliphatic hydroxyl groups excluding tert-OH is 1. The third-order valence-corrected chi connectivity index (χ3v) is 4.58. The lowest BCUT2D eigenvalue weighted by Crippen LogP contribution is -2.07. The van der Waals surface area contributed by atoms with E-state index in [1.807, 2.05) is 0 Å². The highest BCUT2D eigenvalue weighted by Crippen LogP contribution is 2.36. The predicted molar refractivity (Wildman–Crippen MR) is 92.1 cm³/mol. The van der Waals surface area contributed by atoms with Gasteiger partial charge in [-0.1, -0.05) is 42.5 Å². The van der Waals surface area contributed by atoms with Gasteiger partial charge >= 0.3 is 0 Å². The lowest BCUT2D eigenvalue weighted by Gasteiger charge is -2.09. The van der Waals surface area contributed by atoms with Gasteiger partial charge in [-0.25, -0.2) is 0 Å². The highest BCUT2D eigenvalue weighted by molar-refractivity contribution is 7.80. The summed E-state index contributed by atoms with van der Waals surface area (Å²) in [5.41, 5.74) is 7.06. The molecule has 0 aromatic heterocycles. The SMILES string of the molecule is OC(CCS)CCCc1ccc2c(c1)Cc1ccccc1-2. The average Bonchev–Trinajstić information content (AvgIpc) is 2.85. The molecule has 1 N–H and O–H groups in total. The van der Waals surface area contributed by atoms with Crippen LogP contribution in [0, 0.1) is 0 Å². The molecular weight excluding hydrogens is 276 g/mol. The maximum Gasteiger partial charge on any atom is 0.0548 e. The van der Waals surface area contributed by atoms with Crippen LogP contribution in [0.3, 0.4) is 0 Å². The van der Waals surface area contributed by atoms with E-state index in [2.05, 4.69) is 55.1 Å². The van der Waals surface area contributed by atoms with Crippen LogP contribution in [0.4, 0.5) is 0 Å². The molecule has 3 rings (SSSR count). The Morgan fingerprint density at radius 3 is 2.67 bits per heavy atom. The van der Waals surface area contributed by atoms with E-state index in [1.54, 1.807) is 0 Å². The molecule has 0 fully saturated rings. The molecule has 0 saturated heterocycles. The third-order valence-electron chi connectivity index (χ3n) is 4.32. The molecule has 0 heterocycles. The number of hydrogen-bond acceptors (Lipinski definition) is 2. The molecule has 2 heteroatoms. The summed E-state index contributed by atoms with van der Waals surface area (Å²) in [7, 11) is 0. The number of thiol groups is 1. The standard InChI is InChI=1S/C19H22OS/c20-17(10-11-21)6-3-4-14-8-9-19-16(12-14)13-15-5-1-2-7-18(15)19/h1-2,5,7-9,12,17,20-21H,3-4,6,10-11,13H2. The van der Waals surface area contributed by atoms with Crippen molar-refractivity contribution in [3.8, 4) is 11.1 Å². The molecule has 0 radical (unpaired) electrons. The van der Waals surface area contributed by atoms with Gasteiger partial charge in [-0.05, 0) is 65.7 Å². The summed E-state index contributed by atoms with van der Waals surface area (Å²) in [5, 5.41) is 9.75. The summed E-state index contributed by atoms with van der Waals surface area (Å²) >= 11 is 4.16. The van der Waals surface area contributed by atoms with E-state index in [0.29, 0.717) is 0 Å². The number of fused-ring (bicyclic) bond motifs is 3. The van der Waals surface area contributed by atoms with E-state index in [-0.39, 0.29) is 6.10 Å². The smallest absolute Gasteiger partial charge is 0.0548 e. The predicted octanol–water partition coefficient (Wildman–Crippen LogP) is 4.26. The van der Waals surface area contributed by atoms with Gasteiger partial charge in [-0.3, -0.25) is 0 Å². The molecule has 0 saturated carbocycles. The van der Waals surface area contributed by atoms with Crippen molar-refractivity contribution in [1.82, 2.24) is 0 Å². The molecule has 110 valence electrons. The maximum atomic E-state index is 9.75. The van der Waals surface area contributed by atoms with Gasteiger partial charge in [0.2, 0.25) is 0 Å². The van der Waals surface area contributed by atoms with Gasteiger partial charge in [0, 0.05) is 0 Å². The van der Waals surface area contributed by atoms with Crippen molar-refractivity contribution in [1.29, 1.82) is 0 Å². The van der Waals surface area contributed by atoms with Crippen LogP contribution in [0.1, 0.15) is 36.0 Å². The molecule has 2 aromatic carbocycles. The molecule has 1 unspecified atom stereocenters. The van der Waals surface area contributed by atoms with Crippen molar-refractivity contribution in [3.63, 3.8) is 0 Å². The molecule has 2 aromatic rings. The first kappa shape index (κ1) is 14.7. The first-order valence-corrected chi connectivity index (χ1v) is 8.40. The van der Waals surface area contributed by atoms with Crippen LogP contribution >= 0.6 is 12.6 Å². The molecule has 0 bridgehead atoms. The van der Waals surface area contributed by atoms with Gasteiger partial charge in [0.25, 0.3) is 0 Å². The van der Waals surface area contributed by atoms with E-state index < -0.39 is 0 Å². The molecule has 21 heavy (non-hydrogen) atoms. The second-order valence-electron chi connectivity index (χ2n) is 5.88. The number of benzene rings is 2. The largest absolute Gasteiger partial charge is 0.393 e. The van der Waals surface area contributed by atoms with Gasteiger partial charge in [0.05, 0.1) is 6.10 Å². The van der Waals surface area contributed by atoms with E-state index in [4.69, 9.17) is 0 Å². The van der Waals surface area contributed by atoms with Crippen molar-refractivity contribution >= 4 is 12.6 Å². The zero-order valence-electron chi connectivity index (χ0n) is 12.3. The Hall–Kier alpha value is -1.25. The summed E-state index contributed by atoms with van der Waals surface area (Å²) in [4.78, 5) is 0. The summed E-state index contributed by atoms with van der Waals surface area (Å²) in [6.07, 6.45) is 4.62. The number of aliphatic hydroxyl groups is 1. The maximum absolute atomic E-state index is 9.75. The fourth-order valence-corrected chi connectivity index (χ4v) is 3.49. The first-order chi connectivity index (χ1) is 10.3. The Morgan fingerprint density at radius 1 is 1.00 bits per heavy atom. The lowest BCUT2D eigenvalue weighted by molar-refractivity contribution is 0.159. The van der Waals surface area contributed by atoms with Crippen molar-refractivity contribution in [2.75, 3.05) is 5.75 Å². The first-order valence-electron chi connectivity index (χ1n) is 7.77. The van der Waals surface area contributed by atoms with Gasteiger partial charge in [-0.15, -0.1) is 0 Å². The minimum atomic E-state index is -0.193. The van der Waals surface area contributed by atoms with E-state index >= 15 is 0 Å².